The number of Topliss-reactive ketones (excluding diaryl/α,β-unsaturated/α-hetero) is 1. The summed E-state index contributed by atoms with van der Waals surface area (Å²) in [7, 11) is 0. The SMILES string of the molecule is CC(C)CCCC(=O)c1cccc(-c2ccc(O)c(C=O)c2)c1. The molecule has 0 aromatic heterocycles. The predicted octanol–water partition coefficient (Wildman–Crippen LogP) is 4.88. The van der Waals surface area contributed by atoms with Crippen LogP contribution in [0.4, 0.5) is 0 Å². The number of aromatic hydroxyl groups is 1. The maximum Gasteiger partial charge on any atom is 0.162 e. The fraction of sp³-hybridized carbons (Fsp3) is 0.300. The second-order valence-corrected chi connectivity index (χ2v) is 6.18. The zero-order valence-corrected chi connectivity index (χ0v) is 13.6. The summed E-state index contributed by atoms with van der Waals surface area (Å²) >= 11 is 0. The van der Waals surface area contributed by atoms with Crippen molar-refractivity contribution in [2.45, 2.75) is 33.1 Å². The van der Waals surface area contributed by atoms with Gasteiger partial charge >= 0.3 is 0 Å². The molecular formula is C20H22O3. The minimum Gasteiger partial charge on any atom is -0.507 e. The van der Waals surface area contributed by atoms with Gasteiger partial charge in [-0.25, -0.2) is 0 Å². The number of benzene rings is 2. The van der Waals surface area contributed by atoms with Gasteiger partial charge in [-0.1, -0.05) is 44.5 Å². The van der Waals surface area contributed by atoms with Gasteiger partial charge in [-0.2, -0.15) is 0 Å². The lowest BCUT2D eigenvalue weighted by Gasteiger charge is -2.07. The highest BCUT2D eigenvalue weighted by atomic mass is 16.3. The lowest BCUT2D eigenvalue weighted by Crippen LogP contribution is -2.00. The second-order valence-electron chi connectivity index (χ2n) is 6.18. The molecule has 0 saturated heterocycles. The normalized spacial score (nSPS) is 10.7. The van der Waals surface area contributed by atoms with Gasteiger partial charge in [0.05, 0.1) is 5.56 Å². The topological polar surface area (TPSA) is 54.4 Å². The molecule has 0 amide bonds. The summed E-state index contributed by atoms with van der Waals surface area (Å²) < 4.78 is 0. The van der Waals surface area contributed by atoms with Gasteiger partial charge in [0, 0.05) is 12.0 Å². The summed E-state index contributed by atoms with van der Waals surface area (Å²) in [6.45, 7) is 4.31. The molecule has 3 nitrogen and oxygen atoms in total. The molecule has 0 heterocycles. The summed E-state index contributed by atoms with van der Waals surface area (Å²) in [6, 6.07) is 12.3. The molecule has 0 radical (unpaired) electrons. The number of phenolic OH excluding ortho intramolecular Hbond substituents is 1. The highest BCUT2D eigenvalue weighted by Crippen LogP contribution is 2.26. The zero-order chi connectivity index (χ0) is 16.8. The summed E-state index contributed by atoms with van der Waals surface area (Å²) in [6.07, 6.45) is 3.12. The lowest BCUT2D eigenvalue weighted by atomic mass is 9.97. The molecule has 1 N–H and O–H groups in total. The average Bonchev–Trinajstić information content (AvgIpc) is 2.55. The molecule has 0 unspecified atom stereocenters. The molecule has 0 aliphatic carbocycles. The molecule has 0 bridgehead atoms. The number of ketones is 1. The standard InChI is InChI=1S/C20H22O3/c1-14(2)5-3-8-19(22)17-7-4-6-15(11-17)16-9-10-20(23)18(12-16)13-21/h4,6-7,9-14,23H,3,5,8H2,1-2H3. The highest BCUT2D eigenvalue weighted by Gasteiger charge is 2.09. The Morgan fingerprint density at radius 2 is 1.87 bits per heavy atom. The van der Waals surface area contributed by atoms with Gasteiger partial charge < -0.3 is 5.11 Å². The van der Waals surface area contributed by atoms with Crippen molar-refractivity contribution in [3.8, 4) is 16.9 Å². The molecule has 3 heteroatoms. The summed E-state index contributed by atoms with van der Waals surface area (Å²) in [5, 5.41) is 9.58. The number of phenols is 1. The van der Waals surface area contributed by atoms with Gasteiger partial charge in [-0.3, -0.25) is 9.59 Å². The van der Waals surface area contributed by atoms with Gasteiger partial charge in [0.15, 0.2) is 12.1 Å². The maximum atomic E-state index is 12.3. The highest BCUT2D eigenvalue weighted by molar-refractivity contribution is 5.97. The number of carbonyl (C=O) groups excluding carboxylic acids is 2. The Hall–Kier alpha value is -2.42. The van der Waals surface area contributed by atoms with Gasteiger partial charge in [0.2, 0.25) is 0 Å². The largest absolute Gasteiger partial charge is 0.507 e. The molecule has 120 valence electrons. The van der Waals surface area contributed by atoms with E-state index in [2.05, 4.69) is 13.8 Å². The number of hydrogen-bond donors (Lipinski definition) is 1. The average molecular weight is 310 g/mol. The third-order valence-electron chi connectivity index (χ3n) is 3.86. The van der Waals surface area contributed by atoms with Gasteiger partial charge in [0.25, 0.3) is 0 Å². The van der Waals surface area contributed by atoms with Crippen molar-refractivity contribution in [2.75, 3.05) is 0 Å². The first-order valence-corrected chi connectivity index (χ1v) is 7.93. The Kier molecular flexibility index (Phi) is 5.69. The first-order valence-electron chi connectivity index (χ1n) is 7.93. The van der Waals surface area contributed by atoms with E-state index in [4.69, 9.17) is 0 Å². The van der Waals surface area contributed by atoms with E-state index >= 15 is 0 Å². The molecule has 23 heavy (non-hydrogen) atoms. The monoisotopic (exact) mass is 310 g/mol. The molecule has 0 aliphatic heterocycles. The predicted molar refractivity (Wildman–Crippen MR) is 91.9 cm³/mol. The van der Waals surface area contributed by atoms with E-state index in [9.17, 15) is 14.7 Å². The van der Waals surface area contributed by atoms with Crippen molar-refractivity contribution in [3.63, 3.8) is 0 Å². The summed E-state index contributed by atoms with van der Waals surface area (Å²) in [4.78, 5) is 23.2. The van der Waals surface area contributed by atoms with Crippen molar-refractivity contribution in [1.29, 1.82) is 0 Å². The van der Waals surface area contributed by atoms with Crippen LogP contribution in [0.1, 0.15) is 53.8 Å². The van der Waals surface area contributed by atoms with E-state index in [0.717, 1.165) is 24.0 Å². The van der Waals surface area contributed by atoms with E-state index in [0.29, 0.717) is 24.2 Å². The number of carbonyl (C=O) groups is 2. The van der Waals surface area contributed by atoms with E-state index in [1.54, 1.807) is 12.1 Å². The molecule has 0 spiro atoms. The second kappa shape index (κ2) is 7.73. The van der Waals surface area contributed by atoms with Crippen molar-refractivity contribution < 1.29 is 14.7 Å². The van der Waals surface area contributed by atoms with Crippen molar-refractivity contribution in [2.24, 2.45) is 5.92 Å². The Labute approximate surface area is 137 Å². The molecule has 0 atom stereocenters. The molecular weight excluding hydrogens is 288 g/mol. The quantitative estimate of drug-likeness (QED) is 0.585. The van der Waals surface area contributed by atoms with Crippen molar-refractivity contribution >= 4 is 12.1 Å². The van der Waals surface area contributed by atoms with Crippen molar-refractivity contribution in [1.82, 2.24) is 0 Å². The van der Waals surface area contributed by atoms with E-state index in [-0.39, 0.29) is 17.1 Å². The minimum absolute atomic E-state index is 0.0373. The number of rotatable bonds is 7. The number of hydrogen-bond acceptors (Lipinski definition) is 3. The van der Waals surface area contributed by atoms with Crippen LogP contribution in [0.5, 0.6) is 5.75 Å². The van der Waals surface area contributed by atoms with Crippen LogP contribution in [0, 0.1) is 5.92 Å². The molecule has 0 aliphatic rings. The minimum atomic E-state index is -0.0373. The van der Waals surface area contributed by atoms with Crippen LogP contribution in [0.15, 0.2) is 42.5 Å². The van der Waals surface area contributed by atoms with Gasteiger partial charge in [-0.15, -0.1) is 0 Å². The Bertz CT molecular complexity index is 702. The summed E-state index contributed by atoms with van der Waals surface area (Å²) in [5.74, 6) is 0.708. The number of aldehydes is 1. The van der Waals surface area contributed by atoms with Crippen LogP contribution < -0.4 is 0 Å². The Morgan fingerprint density at radius 3 is 2.57 bits per heavy atom. The van der Waals surface area contributed by atoms with Crippen LogP contribution in [-0.4, -0.2) is 17.2 Å². The van der Waals surface area contributed by atoms with Crippen LogP contribution >= 0.6 is 0 Å². The Balaban J connectivity index is 2.19. The third-order valence-corrected chi connectivity index (χ3v) is 3.86. The molecule has 2 rings (SSSR count). The first kappa shape index (κ1) is 16.9. The molecule has 2 aromatic rings. The summed E-state index contributed by atoms with van der Waals surface area (Å²) in [5.41, 5.74) is 2.60. The fourth-order valence-corrected chi connectivity index (χ4v) is 2.52. The smallest absolute Gasteiger partial charge is 0.162 e. The molecule has 0 saturated carbocycles. The first-order chi connectivity index (χ1) is 11.0. The van der Waals surface area contributed by atoms with Crippen LogP contribution in [0.25, 0.3) is 11.1 Å². The van der Waals surface area contributed by atoms with E-state index in [1.807, 2.05) is 24.3 Å². The van der Waals surface area contributed by atoms with Crippen LogP contribution in [0.2, 0.25) is 0 Å². The Morgan fingerprint density at radius 1 is 1.13 bits per heavy atom. The lowest BCUT2D eigenvalue weighted by molar-refractivity contribution is 0.0978. The van der Waals surface area contributed by atoms with E-state index < -0.39 is 0 Å². The molecule has 0 fully saturated rings. The maximum absolute atomic E-state index is 12.3. The van der Waals surface area contributed by atoms with Gasteiger partial charge in [0.1, 0.15) is 5.75 Å². The van der Waals surface area contributed by atoms with Crippen LogP contribution in [0.3, 0.4) is 0 Å². The molecule has 2 aromatic carbocycles. The van der Waals surface area contributed by atoms with Crippen molar-refractivity contribution in [3.05, 3.63) is 53.6 Å². The zero-order valence-electron chi connectivity index (χ0n) is 13.6. The van der Waals surface area contributed by atoms with E-state index in [1.165, 1.54) is 6.07 Å². The van der Waals surface area contributed by atoms with Crippen LogP contribution in [-0.2, 0) is 0 Å². The fourth-order valence-electron chi connectivity index (χ4n) is 2.52. The third kappa shape index (κ3) is 4.52. The van der Waals surface area contributed by atoms with Gasteiger partial charge in [-0.05, 0) is 41.7 Å².